The smallest absolute Gasteiger partial charge is 0.349 e. The Labute approximate surface area is 144 Å². The second-order valence-electron chi connectivity index (χ2n) is 5.12. The third-order valence-electron chi connectivity index (χ3n) is 3.72. The molecule has 0 bridgehead atoms. The minimum atomic E-state index is -4.06. The number of carbonyl (C=O) groups is 1. The van der Waals surface area contributed by atoms with Gasteiger partial charge in [0.1, 0.15) is 0 Å². The van der Waals surface area contributed by atoms with Crippen molar-refractivity contribution < 1.29 is 32.0 Å². The van der Waals surface area contributed by atoms with Gasteiger partial charge in [-0.05, 0) is 41.0 Å². The van der Waals surface area contributed by atoms with E-state index in [2.05, 4.69) is 0 Å². The van der Waals surface area contributed by atoms with Crippen molar-refractivity contribution in [1.82, 2.24) is 0 Å². The first kappa shape index (κ1) is 23.8. The molecule has 0 aliphatic heterocycles. The van der Waals surface area contributed by atoms with Crippen LogP contribution >= 0.6 is 15.2 Å². The molecule has 0 aliphatic rings. The summed E-state index contributed by atoms with van der Waals surface area (Å²) in [6.45, 7) is 9.74. The van der Waals surface area contributed by atoms with E-state index in [9.17, 15) is 13.9 Å². The highest BCUT2D eigenvalue weighted by Gasteiger charge is 2.66. The summed E-state index contributed by atoms with van der Waals surface area (Å²) in [7, 11) is -8.13. The minimum absolute atomic E-state index is 0.0420. The summed E-state index contributed by atoms with van der Waals surface area (Å²) in [6.07, 6.45) is 0.181. The average Bonchev–Trinajstić information content (AvgIpc) is 2.48. The number of amides is 1. The molecular formula is C14H31NO7P2. The number of nitrogens with two attached hydrogens (primary N) is 1. The van der Waals surface area contributed by atoms with Gasteiger partial charge in [-0.15, -0.1) is 0 Å². The molecule has 0 fully saturated rings. The van der Waals surface area contributed by atoms with Crippen LogP contribution in [0.25, 0.3) is 0 Å². The van der Waals surface area contributed by atoms with Gasteiger partial charge in [-0.2, -0.15) is 0 Å². The highest BCUT2D eigenvalue weighted by atomic mass is 31.2. The molecule has 1 amide bonds. The molecule has 0 aromatic carbocycles. The Morgan fingerprint density at radius 1 is 0.875 bits per heavy atom. The van der Waals surface area contributed by atoms with Gasteiger partial charge < -0.3 is 23.8 Å². The molecule has 144 valence electrons. The third kappa shape index (κ3) is 4.48. The monoisotopic (exact) mass is 387 g/mol. The van der Waals surface area contributed by atoms with Crippen molar-refractivity contribution in [3.05, 3.63) is 0 Å². The van der Waals surface area contributed by atoms with Gasteiger partial charge in [-0.1, -0.05) is 6.92 Å². The van der Waals surface area contributed by atoms with Gasteiger partial charge in [0.25, 0.3) is 0 Å². The van der Waals surface area contributed by atoms with E-state index in [1.54, 1.807) is 34.6 Å². The van der Waals surface area contributed by atoms with Gasteiger partial charge in [-0.3, -0.25) is 13.9 Å². The fourth-order valence-corrected chi connectivity index (χ4v) is 8.50. The van der Waals surface area contributed by atoms with Crippen molar-refractivity contribution in [2.24, 2.45) is 11.7 Å². The van der Waals surface area contributed by atoms with Gasteiger partial charge in [0.2, 0.25) is 5.91 Å². The van der Waals surface area contributed by atoms with Gasteiger partial charge in [0.05, 0.1) is 32.3 Å². The normalized spacial score (nSPS) is 14.6. The number of primary amides is 1. The van der Waals surface area contributed by atoms with E-state index in [0.29, 0.717) is 0 Å². The van der Waals surface area contributed by atoms with Crippen molar-refractivity contribution in [1.29, 1.82) is 0 Å². The van der Waals surface area contributed by atoms with Crippen LogP contribution < -0.4 is 5.73 Å². The van der Waals surface area contributed by atoms with Crippen LogP contribution in [0.15, 0.2) is 0 Å². The van der Waals surface area contributed by atoms with E-state index in [4.69, 9.17) is 23.8 Å². The summed E-state index contributed by atoms with van der Waals surface area (Å²) < 4.78 is 48.7. The molecule has 24 heavy (non-hydrogen) atoms. The predicted octanol–water partition coefficient (Wildman–Crippen LogP) is 3.75. The van der Waals surface area contributed by atoms with Crippen molar-refractivity contribution in [3.8, 4) is 0 Å². The van der Waals surface area contributed by atoms with Crippen LogP contribution in [0.2, 0.25) is 0 Å². The topological polar surface area (TPSA) is 114 Å². The highest BCUT2D eigenvalue weighted by Crippen LogP contribution is 2.80. The Bertz CT molecular complexity index is 448. The van der Waals surface area contributed by atoms with Crippen molar-refractivity contribution >= 4 is 21.1 Å². The summed E-state index contributed by atoms with van der Waals surface area (Å²) in [4.78, 5) is 10.2. The summed E-state index contributed by atoms with van der Waals surface area (Å²) >= 11 is 0. The zero-order chi connectivity index (χ0) is 19.0. The lowest BCUT2D eigenvalue weighted by molar-refractivity contribution is -0.122. The number of hydrogen-bond acceptors (Lipinski definition) is 7. The van der Waals surface area contributed by atoms with Gasteiger partial charge in [0.15, 0.2) is 4.90 Å². The largest absolute Gasteiger partial charge is 0.369 e. The zero-order valence-electron chi connectivity index (χ0n) is 15.4. The Morgan fingerprint density at radius 3 is 1.33 bits per heavy atom. The number of carbonyl (C=O) groups excluding carboxylic acids is 1. The maximum atomic E-state index is 13.6. The van der Waals surface area contributed by atoms with E-state index in [1.807, 2.05) is 0 Å². The van der Waals surface area contributed by atoms with Crippen molar-refractivity contribution in [3.63, 3.8) is 0 Å². The van der Waals surface area contributed by atoms with Gasteiger partial charge >= 0.3 is 15.2 Å². The molecule has 0 saturated heterocycles. The van der Waals surface area contributed by atoms with E-state index >= 15 is 0 Å². The minimum Gasteiger partial charge on any atom is -0.369 e. The SMILES string of the molecule is CCOP(=O)(OCC)C(C)(C(CC)C(N)=O)P(=O)(OCC)OCC. The average molecular weight is 387 g/mol. The number of rotatable bonds is 13. The van der Waals surface area contributed by atoms with E-state index in [0.717, 1.165) is 0 Å². The molecule has 0 spiro atoms. The first-order valence-corrected chi connectivity index (χ1v) is 11.3. The van der Waals surface area contributed by atoms with Crippen LogP contribution in [0.3, 0.4) is 0 Å². The standard InChI is InChI=1S/C14H31NO7P2/c1-7-12(13(15)16)14(6,23(17,19-8-2)20-9-3)24(18,21-10-4)22-11-5/h12H,7-11H2,1-6H3,(H2,15,16). The molecule has 0 heterocycles. The van der Waals surface area contributed by atoms with Crippen LogP contribution in [0, 0.1) is 5.92 Å². The Hall–Kier alpha value is -0.230. The van der Waals surface area contributed by atoms with Crippen LogP contribution in [-0.2, 0) is 32.0 Å². The molecular weight excluding hydrogens is 356 g/mol. The molecule has 10 heteroatoms. The Balaban J connectivity index is 6.61. The third-order valence-corrected chi connectivity index (χ3v) is 10.4. The summed E-state index contributed by atoms with van der Waals surface area (Å²) in [5.74, 6) is -1.84. The highest BCUT2D eigenvalue weighted by molar-refractivity contribution is 7.74. The molecule has 1 unspecified atom stereocenters. The summed E-state index contributed by atoms with van der Waals surface area (Å²) in [5.41, 5.74) is 5.51. The molecule has 0 saturated carbocycles. The lowest BCUT2D eigenvalue weighted by atomic mass is 10.0. The fraction of sp³-hybridized carbons (Fsp3) is 0.929. The van der Waals surface area contributed by atoms with E-state index in [1.165, 1.54) is 6.92 Å². The van der Waals surface area contributed by atoms with Gasteiger partial charge in [0, 0.05) is 0 Å². The van der Waals surface area contributed by atoms with Crippen LogP contribution in [0.4, 0.5) is 0 Å². The molecule has 1 atom stereocenters. The lowest BCUT2D eigenvalue weighted by Crippen LogP contribution is -2.44. The van der Waals surface area contributed by atoms with Crippen molar-refractivity contribution in [2.75, 3.05) is 26.4 Å². The maximum absolute atomic E-state index is 13.6. The maximum Gasteiger partial charge on any atom is 0.349 e. The number of hydrogen-bond donors (Lipinski definition) is 1. The Kier molecular flexibility index (Phi) is 9.95. The first-order valence-electron chi connectivity index (χ1n) is 8.21. The predicted molar refractivity (Wildman–Crippen MR) is 93.1 cm³/mol. The molecule has 2 N–H and O–H groups in total. The molecule has 0 aromatic heterocycles. The van der Waals surface area contributed by atoms with Crippen LogP contribution in [0.1, 0.15) is 48.0 Å². The second kappa shape index (κ2) is 10.0. The first-order chi connectivity index (χ1) is 11.1. The summed E-state index contributed by atoms with van der Waals surface area (Å²) in [6, 6.07) is 0. The Morgan fingerprint density at radius 2 is 1.17 bits per heavy atom. The van der Waals surface area contributed by atoms with Gasteiger partial charge in [-0.25, -0.2) is 0 Å². The van der Waals surface area contributed by atoms with Crippen LogP contribution in [-0.4, -0.2) is 37.2 Å². The zero-order valence-corrected chi connectivity index (χ0v) is 17.2. The van der Waals surface area contributed by atoms with E-state index in [-0.39, 0.29) is 32.8 Å². The van der Waals surface area contributed by atoms with Crippen LogP contribution in [0.5, 0.6) is 0 Å². The second-order valence-corrected chi connectivity index (χ2v) is 10.4. The molecule has 0 rings (SSSR count). The molecule has 0 aliphatic carbocycles. The molecule has 0 radical (unpaired) electrons. The van der Waals surface area contributed by atoms with E-state index < -0.39 is 31.9 Å². The molecule has 8 nitrogen and oxygen atoms in total. The summed E-state index contributed by atoms with van der Waals surface area (Å²) in [5, 5.41) is 0. The molecule has 0 aromatic rings. The fourth-order valence-electron chi connectivity index (χ4n) is 2.67. The lowest BCUT2D eigenvalue weighted by Gasteiger charge is -2.43. The van der Waals surface area contributed by atoms with Crippen molar-refractivity contribution in [2.45, 2.75) is 52.9 Å². The quantitative estimate of drug-likeness (QED) is 0.479.